The number of hydrogen-bond acceptors (Lipinski definition) is 4. The number of aliphatic hydroxyl groups excluding tert-OH is 1. The van der Waals surface area contributed by atoms with Crippen LogP contribution in [0.15, 0.2) is 36.7 Å². The maximum absolute atomic E-state index is 12.9. The van der Waals surface area contributed by atoms with Crippen LogP contribution in [-0.4, -0.2) is 45.5 Å². The van der Waals surface area contributed by atoms with E-state index in [1.807, 2.05) is 24.3 Å². The second kappa shape index (κ2) is 7.05. The molecule has 1 fully saturated rings. The van der Waals surface area contributed by atoms with Crippen LogP contribution in [-0.2, 0) is 6.54 Å². The van der Waals surface area contributed by atoms with Crippen molar-refractivity contribution in [2.45, 2.75) is 38.5 Å². The number of carbonyl (C=O) groups is 1. The first-order chi connectivity index (χ1) is 11.6. The summed E-state index contributed by atoms with van der Waals surface area (Å²) in [5, 5.41) is 14.3. The molecular formula is C18H23N3O3. The SMILES string of the molecule is CCCn1cc(C(=O)N2C[C@@H](O)C[C@@H]2c2cccc(OC)c2)cn1. The van der Waals surface area contributed by atoms with Gasteiger partial charge in [0, 0.05) is 19.3 Å². The van der Waals surface area contributed by atoms with Gasteiger partial charge in [0.15, 0.2) is 0 Å². The van der Waals surface area contributed by atoms with Gasteiger partial charge in [-0.1, -0.05) is 19.1 Å². The molecule has 0 saturated carbocycles. The topological polar surface area (TPSA) is 67.6 Å². The predicted octanol–water partition coefficient (Wildman–Crippen LogP) is 2.25. The van der Waals surface area contributed by atoms with Crippen molar-refractivity contribution in [2.24, 2.45) is 0 Å². The molecule has 3 rings (SSSR count). The van der Waals surface area contributed by atoms with Gasteiger partial charge in [-0.2, -0.15) is 5.10 Å². The third kappa shape index (κ3) is 3.28. The summed E-state index contributed by atoms with van der Waals surface area (Å²) in [4.78, 5) is 14.6. The van der Waals surface area contributed by atoms with E-state index in [9.17, 15) is 9.90 Å². The van der Waals surface area contributed by atoms with Crippen LogP contribution in [0, 0.1) is 0 Å². The molecule has 1 aliphatic heterocycles. The van der Waals surface area contributed by atoms with Crippen molar-refractivity contribution in [3.05, 3.63) is 47.8 Å². The highest BCUT2D eigenvalue weighted by molar-refractivity contribution is 5.94. The largest absolute Gasteiger partial charge is 0.497 e. The lowest BCUT2D eigenvalue weighted by Gasteiger charge is -2.24. The highest BCUT2D eigenvalue weighted by Crippen LogP contribution is 2.34. The first kappa shape index (κ1) is 16.5. The molecule has 1 saturated heterocycles. The van der Waals surface area contributed by atoms with E-state index in [1.54, 1.807) is 29.1 Å². The zero-order valence-electron chi connectivity index (χ0n) is 14.1. The molecule has 1 aliphatic rings. The lowest BCUT2D eigenvalue weighted by molar-refractivity contribution is 0.0715. The Morgan fingerprint density at radius 1 is 1.46 bits per heavy atom. The molecule has 1 aromatic heterocycles. The van der Waals surface area contributed by atoms with E-state index in [2.05, 4.69) is 12.0 Å². The fourth-order valence-corrected chi connectivity index (χ4v) is 3.19. The van der Waals surface area contributed by atoms with Gasteiger partial charge in [-0.3, -0.25) is 9.48 Å². The number of aryl methyl sites for hydroxylation is 1. The van der Waals surface area contributed by atoms with Gasteiger partial charge in [-0.05, 0) is 30.5 Å². The summed E-state index contributed by atoms with van der Waals surface area (Å²) >= 11 is 0. The van der Waals surface area contributed by atoms with E-state index in [0.717, 1.165) is 24.3 Å². The highest BCUT2D eigenvalue weighted by atomic mass is 16.5. The number of ether oxygens (including phenoxy) is 1. The van der Waals surface area contributed by atoms with Crippen LogP contribution in [0.3, 0.4) is 0 Å². The Bertz CT molecular complexity index is 713. The Kier molecular flexibility index (Phi) is 4.85. The van der Waals surface area contributed by atoms with E-state index in [-0.39, 0.29) is 11.9 Å². The van der Waals surface area contributed by atoms with Crippen molar-refractivity contribution in [1.82, 2.24) is 14.7 Å². The summed E-state index contributed by atoms with van der Waals surface area (Å²) in [6.07, 6.45) is 4.35. The number of methoxy groups -OCH3 is 1. The minimum Gasteiger partial charge on any atom is -0.497 e. The van der Waals surface area contributed by atoms with E-state index < -0.39 is 6.10 Å². The van der Waals surface area contributed by atoms with Crippen LogP contribution in [0.5, 0.6) is 5.75 Å². The number of benzene rings is 1. The van der Waals surface area contributed by atoms with Crippen LogP contribution in [0.25, 0.3) is 0 Å². The molecule has 2 heterocycles. The summed E-state index contributed by atoms with van der Waals surface area (Å²) in [6, 6.07) is 7.50. The Morgan fingerprint density at radius 2 is 2.29 bits per heavy atom. The average Bonchev–Trinajstić information content (AvgIpc) is 3.21. The molecule has 1 amide bonds. The highest BCUT2D eigenvalue weighted by Gasteiger charge is 2.36. The minimum atomic E-state index is -0.518. The van der Waals surface area contributed by atoms with Crippen molar-refractivity contribution in [2.75, 3.05) is 13.7 Å². The van der Waals surface area contributed by atoms with E-state index >= 15 is 0 Å². The summed E-state index contributed by atoms with van der Waals surface area (Å²) < 4.78 is 7.05. The van der Waals surface area contributed by atoms with Gasteiger partial charge in [-0.25, -0.2) is 0 Å². The number of aliphatic hydroxyl groups is 1. The average molecular weight is 329 g/mol. The van der Waals surface area contributed by atoms with Gasteiger partial charge >= 0.3 is 0 Å². The summed E-state index contributed by atoms with van der Waals surface area (Å²) in [7, 11) is 1.62. The first-order valence-electron chi connectivity index (χ1n) is 8.27. The van der Waals surface area contributed by atoms with Crippen LogP contribution in [0.4, 0.5) is 0 Å². The Hall–Kier alpha value is -2.34. The molecule has 0 unspecified atom stereocenters. The quantitative estimate of drug-likeness (QED) is 0.913. The van der Waals surface area contributed by atoms with Gasteiger partial charge in [-0.15, -0.1) is 0 Å². The molecule has 1 N–H and O–H groups in total. The lowest BCUT2D eigenvalue weighted by Crippen LogP contribution is -2.31. The van der Waals surface area contributed by atoms with Crippen molar-refractivity contribution in [3.63, 3.8) is 0 Å². The number of likely N-dealkylation sites (tertiary alicyclic amines) is 1. The van der Waals surface area contributed by atoms with Gasteiger partial charge < -0.3 is 14.7 Å². The molecule has 24 heavy (non-hydrogen) atoms. The molecule has 0 spiro atoms. The van der Waals surface area contributed by atoms with E-state index in [1.165, 1.54) is 0 Å². The summed E-state index contributed by atoms with van der Waals surface area (Å²) in [5.74, 6) is 0.652. The zero-order chi connectivity index (χ0) is 17.1. The fraction of sp³-hybridized carbons (Fsp3) is 0.444. The normalized spacial score (nSPS) is 20.4. The molecule has 2 aromatic rings. The summed E-state index contributed by atoms with van der Waals surface area (Å²) in [6.45, 7) is 3.19. The molecule has 128 valence electrons. The van der Waals surface area contributed by atoms with Crippen molar-refractivity contribution < 1.29 is 14.6 Å². The van der Waals surface area contributed by atoms with Gasteiger partial charge in [0.25, 0.3) is 5.91 Å². The lowest BCUT2D eigenvalue weighted by atomic mass is 10.0. The maximum Gasteiger partial charge on any atom is 0.257 e. The van der Waals surface area contributed by atoms with Crippen molar-refractivity contribution in [3.8, 4) is 5.75 Å². The van der Waals surface area contributed by atoms with Crippen molar-refractivity contribution >= 4 is 5.91 Å². The van der Waals surface area contributed by atoms with Crippen LogP contribution >= 0.6 is 0 Å². The Labute approximate surface area is 141 Å². The first-order valence-corrected chi connectivity index (χ1v) is 8.27. The van der Waals surface area contributed by atoms with E-state index in [4.69, 9.17) is 4.74 Å². The van der Waals surface area contributed by atoms with Crippen LogP contribution < -0.4 is 4.74 Å². The Balaban J connectivity index is 1.85. The molecule has 0 radical (unpaired) electrons. The minimum absolute atomic E-state index is 0.0956. The molecule has 0 aliphatic carbocycles. The number of rotatable bonds is 5. The molecule has 6 heteroatoms. The second-order valence-corrected chi connectivity index (χ2v) is 6.13. The molecule has 2 atom stereocenters. The zero-order valence-corrected chi connectivity index (χ0v) is 14.1. The van der Waals surface area contributed by atoms with Crippen molar-refractivity contribution in [1.29, 1.82) is 0 Å². The van der Waals surface area contributed by atoms with Crippen LogP contribution in [0.1, 0.15) is 41.7 Å². The number of carbonyl (C=O) groups excluding carboxylic acids is 1. The fourth-order valence-electron chi connectivity index (χ4n) is 3.19. The van der Waals surface area contributed by atoms with Crippen LogP contribution in [0.2, 0.25) is 0 Å². The number of hydrogen-bond donors (Lipinski definition) is 1. The molecular weight excluding hydrogens is 306 g/mol. The third-order valence-corrected chi connectivity index (χ3v) is 4.35. The number of amides is 1. The van der Waals surface area contributed by atoms with Gasteiger partial charge in [0.2, 0.25) is 0 Å². The number of β-amino-alcohol motifs (C(OH)–C–C–N with tert-alkyl or cyclic N) is 1. The maximum atomic E-state index is 12.9. The summed E-state index contributed by atoms with van der Waals surface area (Å²) in [5.41, 5.74) is 1.53. The number of nitrogens with zero attached hydrogens (tertiary/aromatic N) is 3. The molecule has 6 nitrogen and oxygen atoms in total. The molecule has 1 aromatic carbocycles. The smallest absolute Gasteiger partial charge is 0.257 e. The number of aromatic nitrogens is 2. The van der Waals surface area contributed by atoms with Gasteiger partial charge in [0.05, 0.1) is 31.0 Å². The third-order valence-electron chi connectivity index (χ3n) is 4.35. The predicted molar refractivity (Wildman–Crippen MR) is 89.9 cm³/mol. The van der Waals surface area contributed by atoms with E-state index in [0.29, 0.717) is 18.5 Å². The standard InChI is InChI=1S/C18H23N3O3/c1-3-7-20-11-14(10-19-20)18(23)21-12-15(22)9-17(21)13-5-4-6-16(8-13)24-2/h4-6,8,10-11,15,17,22H,3,7,9,12H2,1-2H3/t15-,17+/m0/s1. The molecule has 0 bridgehead atoms. The monoisotopic (exact) mass is 329 g/mol. The Morgan fingerprint density at radius 3 is 3.04 bits per heavy atom. The van der Waals surface area contributed by atoms with Gasteiger partial charge in [0.1, 0.15) is 5.75 Å². The second-order valence-electron chi connectivity index (χ2n) is 6.13.